The van der Waals surface area contributed by atoms with Crippen molar-refractivity contribution in [2.75, 3.05) is 11.9 Å². The van der Waals surface area contributed by atoms with Gasteiger partial charge in [0.1, 0.15) is 16.5 Å². The molecule has 3 amide bonds. The summed E-state index contributed by atoms with van der Waals surface area (Å²) in [7, 11) is 0. The van der Waals surface area contributed by atoms with Gasteiger partial charge >= 0.3 is 6.03 Å². The van der Waals surface area contributed by atoms with Gasteiger partial charge in [-0.3, -0.25) is 10.1 Å². The highest BCUT2D eigenvalue weighted by atomic mass is 32.1. The first-order valence-electron chi connectivity index (χ1n) is 6.94. The number of carbonyl (C=O) groups excluding carboxylic acids is 2. The largest absolute Gasteiger partial charge is 0.464 e. The second-order valence-electron chi connectivity index (χ2n) is 5.12. The number of aryl methyl sites for hydroxylation is 1. The molecule has 0 aromatic carbocycles. The Morgan fingerprint density at radius 3 is 2.95 bits per heavy atom. The summed E-state index contributed by atoms with van der Waals surface area (Å²) < 4.78 is 5.64. The fourth-order valence-electron chi connectivity index (χ4n) is 2.56. The van der Waals surface area contributed by atoms with Crippen LogP contribution < -0.4 is 11.1 Å². The zero-order valence-corrected chi connectivity index (χ0v) is 12.9. The van der Waals surface area contributed by atoms with Gasteiger partial charge in [0.05, 0.1) is 12.2 Å². The summed E-state index contributed by atoms with van der Waals surface area (Å²) in [6.07, 6.45) is 3.23. The first-order chi connectivity index (χ1) is 10.5. The van der Waals surface area contributed by atoms with Gasteiger partial charge < -0.3 is 15.1 Å². The first kappa shape index (κ1) is 14.6. The van der Waals surface area contributed by atoms with Gasteiger partial charge in [0.15, 0.2) is 5.01 Å². The quantitative estimate of drug-likeness (QED) is 0.907. The van der Waals surface area contributed by atoms with Crippen LogP contribution in [0.2, 0.25) is 0 Å². The molecular weight excluding hydrogens is 304 g/mol. The third-order valence-electron chi connectivity index (χ3n) is 3.55. The lowest BCUT2D eigenvalue weighted by Crippen LogP contribution is -2.34. The van der Waals surface area contributed by atoms with E-state index >= 15 is 0 Å². The fourth-order valence-corrected chi connectivity index (χ4v) is 3.22. The molecule has 1 aliphatic rings. The molecule has 1 unspecified atom stereocenters. The normalized spacial score (nSPS) is 17.7. The summed E-state index contributed by atoms with van der Waals surface area (Å²) in [5.41, 5.74) is 5.15. The van der Waals surface area contributed by atoms with Crippen LogP contribution >= 0.6 is 11.3 Å². The molecular formula is C14H16N4O3S. The van der Waals surface area contributed by atoms with Crippen LogP contribution in [0.5, 0.6) is 0 Å². The van der Waals surface area contributed by atoms with Crippen LogP contribution in [0.3, 0.4) is 0 Å². The van der Waals surface area contributed by atoms with Crippen molar-refractivity contribution in [1.82, 2.24) is 9.88 Å². The summed E-state index contributed by atoms with van der Waals surface area (Å²) in [5, 5.41) is 3.44. The van der Waals surface area contributed by atoms with Gasteiger partial charge in [0, 0.05) is 6.54 Å². The minimum Gasteiger partial charge on any atom is -0.464 e. The van der Waals surface area contributed by atoms with E-state index in [1.807, 2.05) is 19.1 Å². The third kappa shape index (κ3) is 2.82. The lowest BCUT2D eigenvalue weighted by molar-refractivity contribution is 0.1000. The lowest BCUT2D eigenvalue weighted by atomic mass is 10.2. The number of rotatable bonds is 3. The highest BCUT2D eigenvalue weighted by molar-refractivity contribution is 7.17. The Labute approximate surface area is 131 Å². The molecule has 3 heterocycles. The Morgan fingerprint density at radius 1 is 1.50 bits per heavy atom. The number of urea groups is 1. The predicted molar refractivity (Wildman–Crippen MR) is 81.8 cm³/mol. The van der Waals surface area contributed by atoms with Gasteiger partial charge in [-0.2, -0.15) is 0 Å². The van der Waals surface area contributed by atoms with Crippen molar-refractivity contribution in [2.45, 2.75) is 25.8 Å². The van der Waals surface area contributed by atoms with Crippen molar-refractivity contribution < 1.29 is 14.0 Å². The van der Waals surface area contributed by atoms with Gasteiger partial charge in [-0.25, -0.2) is 9.78 Å². The number of nitrogens with two attached hydrogens (primary N) is 1. The Morgan fingerprint density at radius 2 is 2.32 bits per heavy atom. The number of aromatic nitrogens is 1. The standard InChI is InChI=1S/C14H16N4O3S/c1-8-4-5-10(21-8)9-3-2-6-18(9)14(20)17-11-7-16-13(22-11)12(15)19/h4-5,7,9H,2-3,6H2,1H3,(H2,15,19)(H,17,20). The number of amides is 3. The molecule has 0 bridgehead atoms. The topological polar surface area (TPSA) is 101 Å². The molecule has 2 aromatic heterocycles. The van der Waals surface area contributed by atoms with Gasteiger partial charge in [-0.05, 0) is 31.9 Å². The van der Waals surface area contributed by atoms with Crippen LogP contribution in [0.25, 0.3) is 0 Å². The minimum atomic E-state index is -0.601. The van der Waals surface area contributed by atoms with Crippen molar-refractivity contribution in [3.05, 3.63) is 34.9 Å². The van der Waals surface area contributed by atoms with Crippen molar-refractivity contribution in [1.29, 1.82) is 0 Å². The van der Waals surface area contributed by atoms with Crippen LogP contribution in [-0.4, -0.2) is 28.4 Å². The maximum Gasteiger partial charge on any atom is 0.323 e. The van der Waals surface area contributed by atoms with Crippen LogP contribution in [0.4, 0.5) is 9.80 Å². The van der Waals surface area contributed by atoms with E-state index in [4.69, 9.17) is 10.2 Å². The molecule has 2 aromatic rings. The molecule has 8 heteroatoms. The second-order valence-corrected chi connectivity index (χ2v) is 6.15. The van der Waals surface area contributed by atoms with E-state index in [1.54, 1.807) is 4.90 Å². The second kappa shape index (κ2) is 5.80. The van der Waals surface area contributed by atoms with Gasteiger partial charge in [0.25, 0.3) is 5.91 Å². The predicted octanol–water partition coefficient (Wildman–Crippen LogP) is 2.51. The molecule has 0 spiro atoms. The number of carbonyl (C=O) groups is 2. The molecule has 3 N–H and O–H groups in total. The molecule has 1 atom stereocenters. The monoisotopic (exact) mass is 320 g/mol. The number of hydrogen-bond acceptors (Lipinski definition) is 5. The summed E-state index contributed by atoms with van der Waals surface area (Å²) in [5.74, 6) is 1.03. The van der Waals surface area contributed by atoms with Crippen LogP contribution in [-0.2, 0) is 0 Å². The molecule has 0 radical (unpaired) electrons. The number of hydrogen-bond donors (Lipinski definition) is 2. The Hall–Kier alpha value is -2.35. The van der Waals surface area contributed by atoms with Crippen molar-refractivity contribution in [3.8, 4) is 0 Å². The number of nitrogens with one attached hydrogen (secondary N) is 1. The van der Waals surface area contributed by atoms with E-state index in [0.717, 1.165) is 35.7 Å². The Kier molecular flexibility index (Phi) is 3.84. The highest BCUT2D eigenvalue weighted by Gasteiger charge is 2.32. The Balaban J connectivity index is 1.71. The van der Waals surface area contributed by atoms with Crippen molar-refractivity contribution in [3.63, 3.8) is 0 Å². The fraction of sp³-hybridized carbons (Fsp3) is 0.357. The number of nitrogens with zero attached hydrogens (tertiary/aromatic N) is 2. The molecule has 1 fully saturated rings. The van der Waals surface area contributed by atoms with E-state index in [1.165, 1.54) is 6.20 Å². The SMILES string of the molecule is Cc1ccc(C2CCCN2C(=O)Nc2cnc(C(N)=O)s2)o1. The summed E-state index contributed by atoms with van der Waals surface area (Å²) in [6, 6.07) is 3.52. The molecule has 1 aliphatic heterocycles. The smallest absolute Gasteiger partial charge is 0.323 e. The minimum absolute atomic E-state index is 0.0581. The van der Waals surface area contributed by atoms with Crippen LogP contribution in [0.1, 0.15) is 40.2 Å². The van der Waals surface area contributed by atoms with Gasteiger partial charge in [-0.1, -0.05) is 11.3 Å². The summed E-state index contributed by atoms with van der Waals surface area (Å²) in [6.45, 7) is 2.54. The first-order valence-corrected chi connectivity index (χ1v) is 7.76. The zero-order valence-electron chi connectivity index (χ0n) is 12.0. The molecule has 116 valence electrons. The highest BCUT2D eigenvalue weighted by Crippen LogP contribution is 2.33. The molecule has 1 saturated heterocycles. The van der Waals surface area contributed by atoms with Crippen molar-refractivity contribution >= 4 is 28.3 Å². The number of thiazole rings is 1. The Bertz CT molecular complexity index is 709. The van der Waals surface area contributed by atoms with Crippen LogP contribution in [0.15, 0.2) is 22.7 Å². The summed E-state index contributed by atoms with van der Waals surface area (Å²) in [4.78, 5) is 29.1. The molecule has 0 aliphatic carbocycles. The molecule has 0 saturated carbocycles. The average molecular weight is 320 g/mol. The van der Waals surface area contributed by atoms with E-state index in [9.17, 15) is 9.59 Å². The lowest BCUT2D eigenvalue weighted by Gasteiger charge is -2.23. The maximum absolute atomic E-state index is 12.4. The van der Waals surface area contributed by atoms with Crippen LogP contribution in [0, 0.1) is 6.92 Å². The number of furan rings is 1. The number of primary amides is 1. The van der Waals surface area contributed by atoms with E-state index in [-0.39, 0.29) is 17.1 Å². The molecule has 3 rings (SSSR count). The molecule has 7 nitrogen and oxygen atoms in total. The summed E-state index contributed by atoms with van der Waals surface area (Å²) >= 11 is 1.06. The third-order valence-corrected chi connectivity index (χ3v) is 4.48. The molecule has 22 heavy (non-hydrogen) atoms. The maximum atomic E-state index is 12.4. The van der Waals surface area contributed by atoms with Crippen molar-refractivity contribution in [2.24, 2.45) is 5.73 Å². The van der Waals surface area contributed by atoms with E-state index in [0.29, 0.717) is 11.5 Å². The van der Waals surface area contributed by atoms with E-state index in [2.05, 4.69) is 10.3 Å². The average Bonchev–Trinajstić information content (AvgIpc) is 3.16. The number of likely N-dealkylation sites (tertiary alicyclic amines) is 1. The van der Waals surface area contributed by atoms with E-state index < -0.39 is 5.91 Å². The number of anilines is 1. The van der Waals surface area contributed by atoms with Gasteiger partial charge in [0.2, 0.25) is 0 Å². The van der Waals surface area contributed by atoms with Gasteiger partial charge in [-0.15, -0.1) is 0 Å². The zero-order chi connectivity index (χ0) is 15.7.